The van der Waals surface area contributed by atoms with Crippen LogP contribution in [0.25, 0.3) is 0 Å². The van der Waals surface area contributed by atoms with Gasteiger partial charge in [0.05, 0.1) is 18.4 Å². The smallest absolute Gasteiger partial charge is 0.353 e. The van der Waals surface area contributed by atoms with E-state index in [1.54, 1.807) is 48.7 Å². The number of hydrogen-bond donors (Lipinski definition) is 2. The number of anilines is 1. The number of thiophene rings is 2. The van der Waals surface area contributed by atoms with Gasteiger partial charge < -0.3 is 14.8 Å². The molecular weight excluding hydrogens is 490 g/mol. The maximum atomic E-state index is 12.4. The molecule has 0 spiro atoms. The summed E-state index contributed by atoms with van der Waals surface area (Å²) < 4.78 is 10.5. The van der Waals surface area contributed by atoms with E-state index in [2.05, 4.69) is 15.8 Å². The van der Waals surface area contributed by atoms with Gasteiger partial charge in [0.1, 0.15) is 15.6 Å². The predicted octanol–water partition coefficient (Wildman–Crippen LogP) is 3.78. The minimum Gasteiger partial charge on any atom is -0.462 e. The normalized spacial score (nSPS) is 12.3. The molecule has 3 aromatic rings. The lowest BCUT2D eigenvalue weighted by Gasteiger charge is -2.07. The summed E-state index contributed by atoms with van der Waals surface area (Å²) in [6.45, 7) is 1.91. The van der Waals surface area contributed by atoms with Crippen molar-refractivity contribution >= 4 is 57.6 Å². The predicted molar refractivity (Wildman–Crippen MR) is 132 cm³/mol. The summed E-state index contributed by atoms with van der Waals surface area (Å²) in [6, 6.07) is 10.0. The Morgan fingerprint density at radius 3 is 2.66 bits per heavy atom. The van der Waals surface area contributed by atoms with Gasteiger partial charge in [-0.25, -0.2) is 15.0 Å². The number of rotatable bonds is 7. The highest BCUT2D eigenvalue weighted by Crippen LogP contribution is 2.39. The highest BCUT2D eigenvalue weighted by atomic mass is 32.1. The maximum absolute atomic E-state index is 12.4. The first kappa shape index (κ1) is 24.3. The molecule has 0 unspecified atom stereocenters. The van der Waals surface area contributed by atoms with Gasteiger partial charge in [-0.15, -0.1) is 22.7 Å². The average molecular weight is 512 g/mol. The van der Waals surface area contributed by atoms with Gasteiger partial charge in [-0.2, -0.15) is 5.10 Å². The van der Waals surface area contributed by atoms with Crippen LogP contribution in [0.3, 0.4) is 0 Å². The zero-order valence-corrected chi connectivity index (χ0v) is 20.3. The van der Waals surface area contributed by atoms with Crippen molar-refractivity contribution in [3.8, 4) is 5.75 Å². The molecule has 0 saturated heterocycles. The molecule has 1 aliphatic rings. The molecule has 2 aromatic heterocycles. The molecule has 0 saturated carbocycles. The third kappa shape index (κ3) is 5.64. The Bertz CT molecular complexity index is 1300. The van der Waals surface area contributed by atoms with Gasteiger partial charge >= 0.3 is 23.8 Å². The molecule has 0 fully saturated rings. The second-order valence-corrected chi connectivity index (χ2v) is 9.39. The Kier molecular flexibility index (Phi) is 7.68. The van der Waals surface area contributed by atoms with Crippen LogP contribution in [0.4, 0.5) is 5.00 Å². The second-order valence-electron chi connectivity index (χ2n) is 7.34. The average Bonchev–Trinajstić information content (AvgIpc) is 3.58. The number of amides is 2. The van der Waals surface area contributed by atoms with Crippen LogP contribution < -0.4 is 15.5 Å². The van der Waals surface area contributed by atoms with E-state index in [1.165, 1.54) is 28.9 Å². The molecular formula is C24H21N3O6S2. The number of hydrazone groups is 1. The fourth-order valence-electron chi connectivity index (χ4n) is 3.51. The summed E-state index contributed by atoms with van der Waals surface area (Å²) in [5.74, 6) is -2.76. The van der Waals surface area contributed by atoms with Gasteiger partial charge in [0.2, 0.25) is 0 Å². The summed E-state index contributed by atoms with van der Waals surface area (Å²) in [7, 11) is 0. The third-order valence-corrected chi connectivity index (χ3v) is 7.11. The van der Waals surface area contributed by atoms with Crippen molar-refractivity contribution in [1.29, 1.82) is 0 Å². The van der Waals surface area contributed by atoms with E-state index in [0.29, 0.717) is 21.0 Å². The van der Waals surface area contributed by atoms with Gasteiger partial charge in [-0.3, -0.25) is 9.59 Å². The first-order valence-corrected chi connectivity index (χ1v) is 12.5. The number of para-hydroxylation sites is 1. The lowest BCUT2D eigenvalue weighted by atomic mass is 10.1. The van der Waals surface area contributed by atoms with E-state index < -0.39 is 23.8 Å². The number of benzene rings is 1. The molecule has 0 radical (unpaired) electrons. The maximum Gasteiger partial charge on any atom is 0.353 e. The van der Waals surface area contributed by atoms with Crippen molar-refractivity contribution in [2.45, 2.75) is 26.2 Å². The van der Waals surface area contributed by atoms with E-state index in [4.69, 9.17) is 9.47 Å². The van der Waals surface area contributed by atoms with Crippen LogP contribution in [0.5, 0.6) is 5.75 Å². The highest BCUT2D eigenvalue weighted by Gasteiger charge is 2.29. The molecule has 0 bridgehead atoms. The minimum absolute atomic E-state index is 0.205. The number of hydrogen-bond acceptors (Lipinski definition) is 9. The molecule has 2 amide bonds. The number of fused-ring (bicyclic) bond motifs is 1. The van der Waals surface area contributed by atoms with E-state index in [1.807, 2.05) is 0 Å². The number of aryl methyl sites for hydroxylation is 1. The van der Waals surface area contributed by atoms with Crippen molar-refractivity contribution in [3.63, 3.8) is 0 Å². The summed E-state index contributed by atoms with van der Waals surface area (Å²) in [6.07, 6.45) is 3.74. The van der Waals surface area contributed by atoms with E-state index in [9.17, 15) is 19.2 Å². The zero-order valence-electron chi connectivity index (χ0n) is 18.7. The Morgan fingerprint density at radius 2 is 1.89 bits per heavy atom. The molecule has 1 aromatic carbocycles. The fourth-order valence-corrected chi connectivity index (χ4v) is 5.38. The largest absolute Gasteiger partial charge is 0.462 e. The number of esters is 2. The summed E-state index contributed by atoms with van der Waals surface area (Å²) in [5, 5.41) is 8.38. The Hall–Kier alpha value is -3.83. The van der Waals surface area contributed by atoms with E-state index in [0.717, 1.165) is 29.7 Å². The van der Waals surface area contributed by atoms with Crippen LogP contribution in [0.15, 0.2) is 46.9 Å². The Morgan fingerprint density at radius 1 is 1.06 bits per heavy atom. The first-order chi connectivity index (χ1) is 17.0. The van der Waals surface area contributed by atoms with Crippen LogP contribution in [0.1, 0.15) is 49.4 Å². The molecule has 35 heavy (non-hydrogen) atoms. The van der Waals surface area contributed by atoms with Crippen LogP contribution >= 0.6 is 22.7 Å². The highest BCUT2D eigenvalue weighted by molar-refractivity contribution is 7.17. The van der Waals surface area contributed by atoms with Crippen molar-refractivity contribution < 1.29 is 28.7 Å². The molecule has 4 rings (SSSR count). The number of nitrogens with one attached hydrogen (secondary N) is 2. The van der Waals surface area contributed by atoms with Gasteiger partial charge in [-0.05, 0) is 55.3 Å². The van der Waals surface area contributed by atoms with E-state index >= 15 is 0 Å². The van der Waals surface area contributed by atoms with Crippen LogP contribution in [-0.4, -0.2) is 36.6 Å². The summed E-state index contributed by atoms with van der Waals surface area (Å²) in [5.41, 5.74) is 3.77. The third-order valence-electron chi connectivity index (χ3n) is 5.05. The quantitative estimate of drug-likeness (QED) is 0.164. The number of nitrogens with zero attached hydrogens (tertiary/aromatic N) is 1. The molecule has 2 heterocycles. The monoisotopic (exact) mass is 511 g/mol. The standard InChI is InChI=1S/C24H21N3O6S2/c1-2-32-24(31)19-15-8-5-10-17(15)35-22(19)26-20(28)21(29)27-25-13-14-7-3-4-9-16(14)33-23(30)18-11-6-12-34-18/h3-4,6-7,9,11-13H,2,5,8,10H2,1H3,(H,26,28)(H,27,29). The van der Waals surface area contributed by atoms with Crippen LogP contribution in [0.2, 0.25) is 0 Å². The molecule has 0 atom stereocenters. The summed E-state index contributed by atoms with van der Waals surface area (Å²) in [4.78, 5) is 50.9. The molecule has 1 aliphatic carbocycles. The van der Waals surface area contributed by atoms with Crippen molar-refractivity contribution in [2.75, 3.05) is 11.9 Å². The number of ether oxygens (including phenoxy) is 2. The topological polar surface area (TPSA) is 123 Å². The molecule has 11 heteroatoms. The van der Waals surface area contributed by atoms with E-state index in [-0.39, 0.29) is 12.4 Å². The zero-order chi connectivity index (χ0) is 24.8. The first-order valence-electron chi connectivity index (χ1n) is 10.8. The summed E-state index contributed by atoms with van der Waals surface area (Å²) >= 11 is 2.53. The van der Waals surface area contributed by atoms with Crippen molar-refractivity contribution in [1.82, 2.24) is 5.43 Å². The number of carbonyl (C=O) groups is 4. The second kappa shape index (κ2) is 11.1. The SMILES string of the molecule is CCOC(=O)c1c(NC(=O)C(=O)NN=Cc2ccccc2OC(=O)c2cccs2)sc2c1CCC2. The van der Waals surface area contributed by atoms with Gasteiger partial charge in [0, 0.05) is 10.4 Å². The lowest BCUT2D eigenvalue weighted by Crippen LogP contribution is -2.32. The van der Waals surface area contributed by atoms with Gasteiger partial charge in [0.15, 0.2) is 0 Å². The van der Waals surface area contributed by atoms with Gasteiger partial charge in [0.25, 0.3) is 0 Å². The van der Waals surface area contributed by atoms with Gasteiger partial charge in [-0.1, -0.05) is 18.2 Å². The van der Waals surface area contributed by atoms with Crippen LogP contribution in [-0.2, 0) is 27.2 Å². The Labute approximate surface area is 208 Å². The van der Waals surface area contributed by atoms with Crippen molar-refractivity contribution in [2.24, 2.45) is 5.10 Å². The molecule has 0 aliphatic heterocycles. The molecule has 180 valence electrons. The fraction of sp³-hybridized carbons (Fsp3) is 0.208. The molecule has 9 nitrogen and oxygen atoms in total. The minimum atomic E-state index is -1.02. The van der Waals surface area contributed by atoms with Crippen LogP contribution in [0, 0.1) is 0 Å². The molecule has 2 N–H and O–H groups in total. The number of carbonyl (C=O) groups excluding carboxylic acids is 4. The lowest BCUT2D eigenvalue weighted by molar-refractivity contribution is -0.136. The Balaban J connectivity index is 1.40. The van der Waals surface area contributed by atoms with Crippen molar-refractivity contribution in [3.05, 3.63) is 68.2 Å².